The van der Waals surface area contributed by atoms with Crippen LogP contribution in [-0.2, 0) is 12.8 Å². The van der Waals surface area contributed by atoms with Gasteiger partial charge in [-0.1, -0.05) is 45.9 Å². The first-order chi connectivity index (χ1) is 8.12. The monoisotopic (exact) mass is 233 g/mol. The Labute approximate surface area is 107 Å². The van der Waals surface area contributed by atoms with Crippen LogP contribution in [0.5, 0.6) is 0 Å². The summed E-state index contributed by atoms with van der Waals surface area (Å²) in [7, 11) is 2.06. The Bertz CT molecular complexity index is 341. The second-order valence-electron chi connectivity index (χ2n) is 5.21. The summed E-state index contributed by atoms with van der Waals surface area (Å²) in [6, 6.07) is 7.48. The molecule has 1 aromatic rings. The maximum atomic E-state index is 3.44. The molecule has 0 amide bonds. The molecule has 0 saturated heterocycles. The molecule has 0 radical (unpaired) electrons. The summed E-state index contributed by atoms with van der Waals surface area (Å²) in [6.45, 7) is 9.05. The minimum Gasteiger partial charge on any atom is -0.313 e. The van der Waals surface area contributed by atoms with Crippen LogP contribution >= 0.6 is 0 Å². The predicted octanol–water partition coefficient (Wildman–Crippen LogP) is 4.12. The summed E-state index contributed by atoms with van der Waals surface area (Å²) in [5, 5.41) is 3.44. The van der Waals surface area contributed by atoms with Crippen molar-refractivity contribution in [2.24, 2.45) is 5.92 Å². The Morgan fingerprint density at radius 1 is 1.06 bits per heavy atom. The van der Waals surface area contributed by atoms with Crippen molar-refractivity contribution >= 4 is 0 Å². The highest BCUT2D eigenvalue weighted by atomic mass is 14.9. The number of aryl methyl sites for hydroxylation is 2. The Kier molecular flexibility index (Phi) is 5.70. The van der Waals surface area contributed by atoms with Crippen molar-refractivity contribution < 1.29 is 0 Å². The molecule has 0 aliphatic rings. The van der Waals surface area contributed by atoms with E-state index in [1.807, 2.05) is 0 Å². The first-order valence-corrected chi connectivity index (χ1v) is 6.91. The van der Waals surface area contributed by atoms with Gasteiger partial charge in [0.2, 0.25) is 0 Å². The van der Waals surface area contributed by atoms with Gasteiger partial charge in [0.1, 0.15) is 0 Å². The fourth-order valence-corrected chi connectivity index (χ4v) is 2.43. The van der Waals surface area contributed by atoms with Crippen LogP contribution in [0.2, 0.25) is 0 Å². The molecule has 0 saturated carbocycles. The molecule has 1 unspecified atom stereocenters. The van der Waals surface area contributed by atoms with Gasteiger partial charge < -0.3 is 5.32 Å². The molecule has 1 aromatic carbocycles. The summed E-state index contributed by atoms with van der Waals surface area (Å²) < 4.78 is 0. The van der Waals surface area contributed by atoms with Crippen molar-refractivity contribution in [2.75, 3.05) is 7.05 Å². The average Bonchev–Trinajstić information content (AvgIpc) is 2.34. The normalized spacial score (nSPS) is 13.1. The van der Waals surface area contributed by atoms with Gasteiger partial charge in [-0.3, -0.25) is 0 Å². The smallest absolute Gasteiger partial charge is 0.0320 e. The van der Waals surface area contributed by atoms with Crippen molar-refractivity contribution in [1.29, 1.82) is 0 Å². The van der Waals surface area contributed by atoms with Gasteiger partial charge in [0.05, 0.1) is 0 Å². The van der Waals surface area contributed by atoms with E-state index < -0.39 is 0 Å². The molecule has 0 spiro atoms. The summed E-state index contributed by atoms with van der Waals surface area (Å²) in [5.74, 6) is 0.725. The molecule has 0 bridgehead atoms. The zero-order valence-corrected chi connectivity index (χ0v) is 12.0. The van der Waals surface area contributed by atoms with Gasteiger partial charge in [0.15, 0.2) is 0 Å². The van der Waals surface area contributed by atoms with Crippen LogP contribution in [0, 0.1) is 5.92 Å². The first kappa shape index (κ1) is 14.2. The Hall–Kier alpha value is -0.820. The molecule has 1 atom stereocenters. The van der Waals surface area contributed by atoms with Gasteiger partial charge in [-0.05, 0) is 48.9 Å². The molecule has 1 N–H and O–H groups in total. The highest BCUT2D eigenvalue weighted by Gasteiger charge is 2.12. The second kappa shape index (κ2) is 6.80. The van der Waals surface area contributed by atoms with Crippen LogP contribution < -0.4 is 5.32 Å². The van der Waals surface area contributed by atoms with Crippen LogP contribution in [0.3, 0.4) is 0 Å². The molecular weight excluding hydrogens is 206 g/mol. The molecule has 0 aliphatic carbocycles. The number of hydrogen-bond donors (Lipinski definition) is 1. The highest BCUT2D eigenvalue weighted by Crippen LogP contribution is 2.24. The Morgan fingerprint density at radius 3 is 2.18 bits per heavy atom. The van der Waals surface area contributed by atoms with E-state index in [1.165, 1.54) is 23.1 Å². The van der Waals surface area contributed by atoms with E-state index >= 15 is 0 Å². The zero-order chi connectivity index (χ0) is 12.8. The molecule has 1 rings (SSSR count). The third-order valence-corrected chi connectivity index (χ3v) is 3.45. The van der Waals surface area contributed by atoms with Gasteiger partial charge in [-0.15, -0.1) is 0 Å². The number of rotatable bonds is 6. The Balaban J connectivity index is 2.96. The van der Waals surface area contributed by atoms with Crippen molar-refractivity contribution in [1.82, 2.24) is 5.32 Å². The fraction of sp³-hybridized carbons (Fsp3) is 0.625. The van der Waals surface area contributed by atoms with E-state index in [4.69, 9.17) is 0 Å². The summed E-state index contributed by atoms with van der Waals surface area (Å²) in [6.07, 6.45) is 3.47. The highest BCUT2D eigenvalue weighted by molar-refractivity contribution is 5.33. The summed E-state index contributed by atoms with van der Waals surface area (Å²) >= 11 is 0. The van der Waals surface area contributed by atoms with E-state index in [9.17, 15) is 0 Å². The standard InChI is InChI=1S/C16H27N/c1-6-13-8-9-15(11-14(13)7-2)16(17-5)10-12(3)4/h8-9,11-12,16-17H,6-7,10H2,1-5H3. The second-order valence-corrected chi connectivity index (χ2v) is 5.21. The van der Waals surface area contributed by atoms with Crippen LogP contribution in [0.25, 0.3) is 0 Å². The molecule has 96 valence electrons. The molecule has 1 heteroatoms. The van der Waals surface area contributed by atoms with E-state index in [2.05, 4.69) is 58.3 Å². The number of benzene rings is 1. The number of nitrogens with one attached hydrogen (secondary N) is 1. The molecule has 0 aromatic heterocycles. The van der Waals surface area contributed by atoms with Gasteiger partial charge in [-0.25, -0.2) is 0 Å². The lowest BCUT2D eigenvalue weighted by Crippen LogP contribution is -2.18. The molecule has 0 fully saturated rings. The van der Waals surface area contributed by atoms with Gasteiger partial charge >= 0.3 is 0 Å². The molecule has 0 heterocycles. The van der Waals surface area contributed by atoms with Gasteiger partial charge in [0.25, 0.3) is 0 Å². The number of hydrogen-bond acceptors (Lipinski definition) is 1. The molecule has 0 aliphatic heterocycles. The van der Waals surface area contributed by atoms with Crippen LogP contribution in [0.4, 0.5) is 0 Å². The summed E-state index contributed by atoms with van der Waals surface area (Å²) in [5.41, 5.74) is 4.44. The van der Waals surface area contributed by atoms with Crippen LogP contribution in [0.15, 0.2) is 18.2 Å². The minimum absolute atomic E-state index is 0.492. The molecule has 17 heavy (non-hydrogen) atoms. The average molecular weight is 233 g/mol. The zero-order valence-electron chi connectivity index (χ0n) is 12.0. The quantitative estimate of drug-likeness (QED) is 0.779. The fourth-order valence-electron chi connectivity index (χ4n) is 2.43. The van der Waals surface area contributed by atoms with Crippen LogP contribution in [-0.4, -0.2) is 7.05 Å². The van der Waals surface area contributed by atoms with Crippen molar-refractivity contribution in [3.8, 4) is 0 Å². The summed E-state index contributed by atoms with van der Waals surface area (Å²) in [4.78, 5) is 0. The lowest BCUT2D eigenvalue weighted by molar-refractivity contribution is 0.456. The lowest BCUT2D eigenvalue weighted by atomic mass is 9.93. The molecular formula is C16H27N. The SMILES string of the molecule is CCc1ccc(C(CC(C)C)NC)cc1CC. The third kappa shape index (κ3) is 3.85. The third-order valence-electron chi connectivity index (χ3n) is 3.45. The molecule has 1 nitrogen and oxygen atoms in total. The lowest BCUT2D eigenvalue weighted by Gasteiger charge is -2.20. The Morgan fingerprint density at radius 2 is 1.71 bits per heavy atom. The van der Waals surface area contributed by atoms with Crippen LogP contribution in [0.1, 0.15) is 56.8 Å². The predicted molar refractivity (Wildman–Crippen MR) is 76.5 cm³/mol. The minimum atomic E-state index is 0.492. The van der Waals surface area contributed by atoms with E-state index in [0.717, 1.165) is 18.8 Å². The van der Waals surface area contributed by atoms with E-state index in [0.29, 0.717) is 6.04 Å². The van der Waals surface area contributed by atoms with Gasteiger partial charge in [-0.2, -0.15) is 0 Å². The van der Waals surface area contributed by atoms with Crippen molar-refractivity contribution in [2.45, 2.75) is 53.0 Å². The first-order valence-electron chi connectivity index (χ1n) is 6.91. The largest absolute Gasteiger partial charge is 0.313 e. The maximum Gasteiger partial charge on any atom is 0.0320 e. The topological polar surface area (TPSA) is 12.0 Å². The van der Waals surface area contributed by atoms with E-state index in [-0.39, 0.29) is 0 Å². The maximum absolute atomic E-state index is 3.44. The van der Waals surface area contributed by atoms with Crippen molar-refractivity contribution in [3.63, 3.8) is 0 Å². The van der Waals surface area contributed by atoms with E-state index in [1.54, 1.807) is 0 Å². The van der Waals surface area contributed by atoms with Gasteiger partial charge in [0, 0.05) is 6.04 Å². The van der Waals surface area contributed by atoms with Crippen molar-refractivity contribution in [3.05, 3.63) is 34.9 Å².